The first-order valence-electron chi connectivity index (χ1n) is 8.20. The molecule has 2 nitrogen and oxygen atoms in total. The number of hydrogen-bond acceptors (Lipinski definition) is 2. The fraction of sp³-hybridized carbons (Fsp3) is 0.667. The highest BCUT2D eigenvalue weighted by atomic mass is 16.3. The van der Waals surface area contributed by atoms with Crippen LogP contribution in [0, 0.1) is 0 Å². The molecule has 0 amide bonds. The fourth-order valence-electron chi connectivity index (χ4n) is 3.35. The molecule has 0 bridgehead atoms. The van der Waals surface area contributed by atoms with E-state index in [1.807, 2.05) is 6.07 Å². The van der Waals surface area contributed by atoms with Crippen LogP contribution in [0.2, 0.25) is 0 Å². The van der Waals surface area contributed by atoms with Gasteiger partial charge in [0, 0.05) is 12.1 Å². The summed E-state index contributed by atoms with van der Waals surface area (Å²) in [7, 11) is 0. The lowest BCUT2D eigenvalue weighted by molar-refractivity contribution is 0.0137. The molecule has 0 spiro atoms. The highest BCUT2D eigenvalue weighted by molar-refractivity contribution is 5.32. The van der Waals surface area contributed by atoms with Crippen LogP contribution in [-0.2, 0) is 6.42 Å². The van der Waals surface area contributed by atoms with Crippen molar-refractivity contribution in [1.29, 1.82) is 0 Å². The van der Waals surface area contributed by atoms with E-state index in [0.29, 0.717) is 6.04 Å². The monoisotopic (exact) mass is 275 g/mol. The van der Waals surface area contributed by atoms with E-state index in [-0.39, 0.29) is 12.1 Å². The normalized spacial score (nSPS) is 23.6. The van der Waals surface area contributed by atoms with Gasteiger partial charge in [-0.15, -0.1) is 0 Å². The summed E-state index contributed by atoms with van der Waals surface area (Å²) in [5, 5.41) is 10.8. The number of aryl methyl sites for hydroxylation is 1. The third-order valence-electron chi connectivity index (χ3n) is 4.80. The zero-order valence-electron chi connectivity index (χ0n) is 13.2. The van der Waals surface area contributed by atoms with E-state index in [0.717, 1.165) is 31.4 Å². The minimum atomic E-state index is -0.328. The third-order valence-corrected chi connectivity index (χ3v) is 4.80. The molecule has 3 atom stereocenters. The van der Waals surface area contributed by atoms with Crippen molar-refractivity contribution < 1.29 is 5.11 Å². The average Bonchev–Trinajstić information content (AvgIpc) is 2.49. The summed E-state index contributed by atoms with van der Waals surface area (Å²) < 4.78 is 0. The number of benzene rings is 1. The van der Waals surface area contributed by atoms with Gasteiger partial charge in [0.05, 0.1) is 6.10 Å². The lowest BCUT2D eigenvalue weighted by Crippen LogP contribution is -2.47. The van der Waals surface area contributed by atoms with Crippen LogP contribution in [0.4, 0.5) is 0 Å². The summed E-state index contributed by atoms with van der Waals surface area (Å²) in [6.45, 7) is 7.88. The van der Waals surface area contributed by atoms with Gasteiger partial charge in [0.1, 0.15) is 0 Å². The molecule has 0 saturated carbocycles. The number of rotatable bonds is 6. The zero-order valence-corrected chi connectivity index (χ0v) is 13.2. The fourth-order valence-corrected chi connectivity index (χ4v) is 3.35. The van der Waals surface area contributed by atoms with Crippen molar-refractivity contribution in [1.82, 2.24) is 4.90 Å². The van der Waals surface area contributed by atoms with Crippen molar-refractivity contribution in [3.63, 3.8) is 0 Å². The molecule has 112 valence electrons. The maximum atomic E-state index is 10.8. The van der Waals surface area contributed by atoms with Crippen molar-refractivity contribution in [2.75, 3.05) is 6.54 Å². The van der Waals surface area contributed by atoms with Crippen molar-refractivity contribution in [2.45, 2.75) is 71.1 Å². The summed E-state index contributed by atoms with van der Waals surface area (Å²) in [4.78, 5) is 2.55. The molecule has 1 aromatic carbocycles. The van der Waals surface area contributed by atoms with Gasteiger partial charge in [0.25, 0.3) is 0 Å². The molecule has 3 unspecified atom stereocenters. The first-order chi connectivity index (χ1) is 9.69. The molecule has 1 aliphatic rings. The highest BCUT2D eigenvalue weighted by Gasteiger charge is 2.33. The number of unbranched alkanes of at least 4 members (excludes halogenated alkanes) is 1. The second-order valence-electron chi connectivity index (χ2n) is 6.10. The van der Waals surface area contributed by atoms with E-state index in [4.69, 9.17) is 0 Å². The second kappa shape index (κ2) is 7.24. The minimum Gasteiger partial charge on any atom is -0.387 e. The Morgan fingerprint density at radius 1 is 1.30 bits per heavy atom. The summed E-state index contributed by atoms with van der Waals surface area (Å²) in [5.74, 6) is 0. The smallest absolute Gasteiger partial charge is 0.0948 e. The summed E-state index contributed by atoms with van der Waals surface area (Å²) in [6, 6.07) is 9.21. The van der Waals surface area contributed by atoms with Crippen molar-refractivity contribution in [3.8, 4) is 0 Å². The Kier molecular flexibility index (Phi) is 5.62. The number of aliphatic hydroxyl groups excluding tert-OH is 1. The Balaban J connectivity index is 2.18. The zero-order chi connectivity index (χ0) is 14.5. The molecule has 1 aliphatic carbocycles. The molecule has 0 aliphatic heterocycles. The van der Waals surface area contributed by atoms with E-state index >= 15 is 0 Å². The van der Waals surface area contributed by atoms with Gasteiger partial charge in [0.2, 0.25) is 0 Å². The van der Waals surface area contributed by atoms with Gasteiger partial charge in [-0.2, -0.15) is 0 Å². The lowest BCUT2D eigenvalue weighted by atomic mass is 9.84. The first kappa shape index (κ1) is 15.5. The SMILES string of the molecule is CCCCN(C(C)CC)C1CCc2ccccc2C1O. The molecule has 0 heterocycles. The van der Waals surface area contributed by atoms with E-state index in [1.54, 1.807) is 0 Å². The van der Waals surface area contributed by atoms with Crippen LogP contribution < -0.4 is 0 Å². The van der Waals surface area contributed by atoms with Gasteiger partial charge in [-0.3, -0.25) is 4.90 Å². The Hall–Kier alpha value is -0.860. The molecule has 0 radical (unpaired) electrons. The molecule has 0 fully saturated rings. The van der Waals surface area contributed by atoms with Gasteiger partial charge in [-0.1, -0.05) is 44.5 Å². The van der Waals surface area contributed by atoms with E-state index in [9.17, 15) is 5.11 Å². The molecule has 2 heteroatoms. The van der Waals surface area contributed by atoms with Crippen molar-refractivity contribution in [3.05, 3.63) is 35.4 Å². The van der Waals surface area contributed by atoms with Gasteiger partial charge in [0.15, 0.2) is 0 Å². The lowest BCUT2D eigenvalue weighted by Gasteiger charge is -2.41. The van der Waals surface area contributed by atoms with Crippen LogP contribution in [0.25, 0.3) is 0 Å². The number of aliphatic hydroxyl groups is 1. The largest absolute Gasteiger partial charge is 0.387 e. The predicted molar refractivity (Wildman–Crippen MR) is 84.9 cm³/mol. The van der Waals surface area contributed by atoms with Crippen LogP contribution in [-0.4, -0.2) is 28.6 Å². The Morgan fingerprint density at radius 3 is 2.75 bits per heavy atom. The molecule has 0 aromatic heterocycles. The predicted octanol–water partition coefficient (Wildman–Crippen LogP) is 3.94. The van der Waals surface area contributed by atoms with E-state index in [1.165, 1.54) is 18.4 Å². The number of nitrogens with zero attached hydrogens (tertiary/aromatic N) is 1. The molecular weight excluding hydrogens is 246 g/mol. The molecular formula is C18H29NO. The summed E-state index contributed by atoms with van der Waals surface area (Å²) in [5.41, 5.74) is 2.48. The van der Waals surface area contributed by atoms with Crippen LogP contribution in [0.15, 0.2) is 24.3 Å². The maximum absolute atomic E-state index is 10.8. The van der Waals surface area contributed by atoms with Crippen LogP contribution >= 0.6 is 0 Å². The maximum Gasteiger partial charge on any atom is 0.0948 e. The average molecular weight is 275 g/mol. The molecule has 2 rings (SSSR count). The third kappa shape index (κ3) is 3.24. The molecule has 0 saturated heterocycles. The van der Waals surface area contributed by atoms with E-state index in [2.05, 4.69) is 43.9 Å². The topological polar surface area (TPSA) is 23.5 Å². The van der Waals surface area contributed by atoms with E-state index < -0.39 is 0 Å². The summed E-state index contributed by atoms with van der Waals surface area (Å²) in [6.07, 6.45) is 5.42. The number of fused-ring (bicyclic) bond motifs is 1. The minimum absolute atomic E-state index is 0.284. The van der Waals surface area contributed by atoms with Gasteiger partial charge in [-0.25, -0.2) is 0 Å². The van der Waals surface area contributed by atoms with Crippen LogP contribution in [0.1, 0.15) is 63.7 Å². The molecule has 1 N–H and O–H groups in total. The van der Waals surface area contributed by atoms with Crippen LogP contribution in [0.5, 0.6) is 0 Å². The summed E-state index contributed by atoms with van der Waals surface area (Å²) >= 11 is 0. The molecule has 20 heavy (non-hydrogen) atoms. The van der Waals surface area contributed by atoms with Gasteiger partial charge >= 0.3 is 0 Å². The standard InChI is InChI=1S/C18H29NO/c1-4-6-13-19(14(3)5-2)17-12-11-15-9-7-8-10-16(15)18(17)20/h7-10,14,17-18,20H,4-6,11-13H2,1-3H3. The first-order valence-corrected chi connectivity index (χ1v) is 8.20. The van der Waals surface area contributed by atoms with Crippen molar-refractivity contribution >= 4 is 0 Å². The Bertz CT molecular complexity index is 418. The van der Waals surface area contributed by atoms with Gasteiger partial charge in [-0.05, 0) is 50.3 Å². The van der Waals surface area contributed by atoms with Gasteiger partial charge < -0.3 is 5.11 Å². The Morgan fingerprint density at radius 2 is 2.05 bits per heavy atom. The second-order valence-corrected chi connectivity index (χ2v) is 6.10. The van der Waals surface area contributed by atoms with Crippen LogP contribution in [0.3, 0.4) is 0 Å². The molecule has 1 aromatic rings. The Labute approximate surface area is 123 Å². The highest BCUT2D eigenvalue weighted by Crippen LogP contribution is 2.34. The van der Waals surface area contributed by atoms with Crippen molar-refractivity contribution in [2.24, 2.45) is 0 Å². The quantitative estimate of drug-likeness (QED) is 0.850. The number of hydrogen-bond donors (Lipinski definition) is 1.